The van der Waals surface area contributed by atoms with Crippen LogP contribution < -0.4 is 52.4 Å². The number of benzene rings is 13. The predicted molar refractivity (Wildman–Crippen MR) is 378 cm³/mol. The third-order valence-corrected chi connectivity index (χ3v) is 21.8. The molecule has 412 valence electrons. The molecule has 19 rings (SSSR count). The topological polar surface area (TPSA) is 13.0 Å². The fraction of sp³-hybridized carbons (Fsp3) is 0. The second-order valence-corrected chi connectivity index (χ2v) is 26.0. The smallest absolute Gasteiger partial charge is 0.0544 e. The molecule has 0 unspecified atom stereocenters. The zero-order chi connectivity index (χ0) is 58.3. The molecule has 0 amide bonds. The summed E-state index contributed by atoms with van der Waals surface area (Å²) in [4.78, 5) is 10.7. The molecule has 0 saturated carbocycles. The average Bonchev–Trinajstić information content (AvgIpc) is 1.62. The molecule has 5 aliphatic heterocycles. The number of fused-ring (bicyclic) bond motifs is 11. The summed E-state index contributed by atoms with van der Waals surface area (Å²) in [6.45, 7) is -0.182. The number of hydrogen-bond donors (Lipinski definition) is 0. The monoisotopic (exact) mass is 1190 g/mol. The van der Waals surface area contributed by atoms with Gasteiger partial charge in [0, 0.05) is 0 Å². The van der Waals surface area contributed by atoms with Crippen molar-refractivity contribution < 1.29 is 0 Å². The summed E-state index contributed by atoms with van der Waals surface area (Å²) >= 11 is -0.143. The van der Waals surface area contributed by atoms with Crippen molar-refractivity contribution in [3.63, 3.8) is 0 Å². The number of nitrogens with zero attached hydrogens (tertiary/aromatic N) is 4. The summed E-state index contributed by atoms with van der Waals surface area (Å²) in [7, 11) is 0. The van der Waals surface area contributed by atoms with Crippen LogP contribution in [0.5, 0.6) is 0 Å². The van der Waals surface area contributed by atoms with Gasteiger partial charge in [-0.2, -0.15) is 0 Å². The Kier molecular flexibility index (Phi) is 11.2. The minimum absolute atomic E-state index is 0.0910. The molecule has 0 N–H and O–H groups in total. The van der Waals surface area contributed by atoms with Gasteiger partial charge in [-0.25, -0.2) is 0 Å². The Morgan fingerprint density at radius 1 is 0.202 bits per heavy atom. The molecule has 0 radical (unpaired) electrons. The second kappa shape index (κ2) is 19.9. The molecule has 0 saturated heterocycles. The number of rotatable bonds is 8. The molecule has 13 aromatic carbocycles. The Morgan fingerprint density at radius 2 is 0.483 bits per heavy atom. The van der Waals surface area contributed by atoms with Crippen LogP contribution in [0.2, 0.25) is 0 Å². The Balaban J connectivity index is 0.939. The van der Waals surface area contributed by atoms with E-state index < -0.39 is 0 Å². The van der Waals surface area contributed by atoms with Crippen molar-refractivity contribution in [2.45, 2.75) is 0 Å². The van der Waals surface area contributed by atoms with Gasteiger partial charge < -0.3 is 0 Å². The number of anilines is 12. The summed E-state index contributed by atoms with van der Waals surface area (Å²) in [6, 6.07) is 118. The van der Waals surface area contributed by atoms with Gasteiger partial charge in [-0.1, -0.05) is 60.7 Å². The van der Waals surface area contributed by atoms with E-state index in [0.717, 1.165) is 11.4 Å². The maximum absolute atomic E-state index is 2.79. The minimum atomic E-state index is -0.143. The molecule has 89 heavy (non-hydrogen) atoms. The van der Waals surface area contributed by atoms with E-state index in [1.807, 2.05) is 0 Å². The van der Waals surface area contributed by atoms with E-state index in [4.69, 9.17) is 0 Å². The van der Waals surface area contributed by atoms with Gasteiger partial charge in [-0.05, 0) is 0 Å². The van der Waals surface area contributed by atoms with Gasteiger partial charge >= 0.3 is 468 Å². The van der Waals surface area contributed by atoms with Crippen LogP contribution in [0.4, 0.5) is 68.2 Å². The quantitative estimate of drug-likeness (QED) is 0.141. The van der Waals surface area contributed by atoms with Gasteiger partial charge in [0.15, 0.2) is 0 Å². The van der Waals surface area contributed by atoms with Crippen molar-refractivity contribution in [2.75, 3.05) is 19.6 Å². The van der Waals surface area contributed by atoms with Crippen LogP contribution in [-0.4, -0.2) is 27.9 Å². The van der Waals surface area contributed by atoms with Crippen LogP contribution in [0.3, 0.4) is 0 Å². The molecule has 5 aliphatic rings. The van der Waals surface area contributed by atoms with Crippen LogP contribution in [0.15, 0.2) is 315 Å². The van der Waals surface area contributed by atoms with Gasteiger partial charge in [0.2, 0.25) is 0 Å². The Hall–Kier alpha value is -10.8. The van der Waals surface area contributed by atoms with Crippen LogP contribution >= 0.6 is 0 Å². The summed E-state index contributed by atoms with van der Waals surface area (Å²) in [5, 5.41) is 0. The molecular formula is C82H52B2N4Se. The van der Waals surface area contributed by atoms with Crippen molar-refractivity contribution in [3.05, 3.63) is 315 Å². The average molecular weight is 1190 g/mol. The molecule has 4 nitrogen and oxygen atoms in total. The fourth-order valence-electron chi connectivity index (χ4n) is 15.3. The Morgan fingerprint density at radius 3 is 0.831 bits per heavy atom. The SMILES string of the molecule is c1ccc(-c2ccc(N3c4ccccc4B4c5ccc6c7c5N(c5cc(-c8ccccc8)cc3c54)c3c(-c4ccccc4)[se]c(-c4ccccc4)c3N7c3cc(-c4ccccc4)cc4c3B6c3ccccc3N4c3ccc(-c4ccccc4)cc3)cc2)cc1. The summed E-state index contributed by atoms with van der Waals surface area (Å²) in [5.74, 6) is 0. The van der Waals surface area contributed by atoms with Gasteiger partial charge in [-0.3, -0.25) is 0 Å². The van der Waals surface area contributed by atoms with Crippen molar-refractivity contribution in [1.82, 2.24) is 0 Å². The summed E-state index contributed by atoms with van der Waals surface area (Å²) < 4.78 is 2.74. The first-order chi connectivity index (χ1) is 44.2. The van der Waals surface area contributed by atoms with E-state index in [9.17, 15) is 0 Å². The molecule has 0 bridgehead atoms. The van der Waals surface area contributed by atoms with E-state index in [2.05, 4.69) is 335 Å². The number of para-hydroxylation sites is 2. The molecule has 1 aromatic heterocycles. The van der Waals surface area contributed by atoms with E-state index in [1.165, 1.54) is 154 Å². The first kappa shape index (κ1) is 50.4. The Labute approximate surface area is 525 Å². The fourth-order valence-corrected chi connectivity index (χ4v) is 18.0. The first-order valence-electron chi connectivity index (χ1n) is 30.8. The third kappa shape index (κ3) is 7.56. The summed E-state index contributed by atoms with van der Waals surface area (Å²) in [6.07, 6.45) is 0. The van der Waals surface area contributed by atoms with Crippen molar-refractivity contribution in [1.29, 1.82) is 0 Å². The van der Waals surface area contributed by atoms with E-state index in [1.54, 1.807) is 0 Å². The molecular weight excluding hydrogens is 1140 g/mol. The standard InChI is InChI=1S/C82H52B2N4Se/c1-7-23-53(24-8-1)57-39-43-63(44-40-57)85-69-37-21-19-35-65(69)83-67-47-48-68-78-77(67)87(73-51-61(49-71(85)75(73)83)55-27-11-3-12-28-55)79-80(82(60-33-17-6-18-34-60)89-81(79)59-31-15-5-16-32-59)88(78)74-52-62(56-29-13-4-14-30-56)50-72-76(74)84(68)66-36-20-22-38-70(66)86(72)64-45-41-58(42-46-64)54-25-9-2-10-26-54/h1-52H. The number of hydrogen-bond acceptors (Lipinski definition) is 4. The maximum Gasteiger partial charge on any atom is -0.0544 e. The largest absolute Gasteiger partial charge is 0.0617 e. The Bertz CT molecular complexity index is 4820. The van der Waals surface area contributed by atoms with E-state index >= 15 is 0 Å². The van der Waals surface area contributed by atoms with Crippen molar-refractivity contribution >= 4 is 129 Å². The molecule has 0 fully saturated rings. The van der Waals surface area contributed by atoms with Crippen LogP contribution in [0.25, 0.3) is 64.5 Å². The van der Waals surface area contributed by atoms with Crippen LogP contribution in [0.1, 0.15) is 0 Å². The van der Waals surface area contributed by atoms with Gasteiger partial charge in [-0.15, -0.1) is 0 Å². The molecule has 0 spiro atoms. The predicted octanol–water partition coefficient (Wildman–Crippen LogP) is 17.2. The van der Waals surface area contributed by atoms with Gasteiger partial charge in [0.1, 0.15) is 0 Å². The van der Waals surface area contributed by atoms with Crippen LogP contribution in [0, 0.1) is 0 Å². The first-order valence-corrected chi connectivity index (χ1v) is 32.5. The van der Waals surface area contributed by atoms with Gasteiger partial charge in [0.25, 0.3) is 0 Å². The molecule has 7 heteroatoms. The molecule has 14 aromatic rings. The molecule has 0 atom stereocenters. The van der Waals surface area contributed by atoms with E-state index in [0.29, 0.717) is 0 Å². The molecule has 6 heterocycles. The maximum atomic E-state index is 2.79. The van der Waals surface area contributed by atoms with Crippen molar-refractivity contribution in [3.8, 4) is 64.5 Å². The van der Waals surface area contributed by atoms with Gasteiger partial charge in [0.05, 0.1) is 0 Å². The zero-order valence-corrected chi connectivity index (χ0v) is 50.1. The van der Waals surface area contributed by atoms with Crippen LogP contribution in [-0.2, 0) is 0 Å². The van der Waals surface area contributed by atoms with Crippen molar-refractivity contribution in [2.24, 2.45) is 0 Å². The zero-order valence-electron chi connectivity index (χ0n) is 48.4. The van der Waals surface area contributed by atoms with E-state index in [-0.39, 0.29) is 27.9 Å². The third-order valence-electron chi connectivity index (χ3n) is 19.1. The molecule has 0 aliphatic carbocycles. The minimum Gasteiger partial charge on any atom is -0.0617 e. The normalized spacial score (nSPS) is 13.3. The summed E-state index contributed by atoms with van der Waals surface area (Å²) in [5.41, 5.74) is 34.4. The second-order valence-electron chi connectivity index (χ2n) is 23.9.